The van der Waals surface area contributed by atoms with Gasteiger partial charge in [0.1, 0.15) is 16.7 Å². The Bertz CT molecular complexity index is 811. The number of aromatic nitrogens is 4. The van der Waals surface area contributed by atoms with Crippen LogP contribution in [0.4, 0.5) is 5.82 Å². The number of anilines is 1. The number of hydrazine groups is 1. The molecular weight excluding hydrogens is 284 g/mol. The van der Waals surface area contributed by atoms with Crippen molar-refractivity contribution >= 4 is 28.6 Å². The Kier molecular flexibility index (Phi) is 3.52. The molecule has 21 heavy (non-hydrogen) atoms. The molecule has 0 spiro atoms. The maximum Gasteiger partial charge on any atom is 0.172 e. The number of fused-ring (bicyclic) bond motifs is 1. The molecule has 0 amide bonds. The molecule has 108 valence electrons. The number of nitrogen functional groups attached to an aromatic ring is 1. The lowest BCUT2D eigenvalue weighted by Crippen LogP contribution is -2.12. The van der Waals surface area contributed by atoms with Crippen LogP contribution in [0, 0.1) is 20.8 Å². The number of benzene rings is 1. The molecule has 0 aliphatic rings. The van der Waals surface area contributed by atoms with Crippen LogP contribution < -0.4 is 11.3 Å². The topological polar surface area (TPSA) is 92.5 Å². The van der Waals surface area contributed by atoms with Gasteiger partial charge in [-0.1, -0.05) is 6.07 Å². The van der Waals surface area contributed by atoms with Gasteiger partial charge < -0.3 is 10.4 Å². The lowest BCUT2D eigenvalue weighted by Gasteiger charge is -2.08. The molecule has 3 rings (SSSR count). The monoisotopic (exact) mass is 300 g/mol. The minimum absolute atomic E-state index is 0.636. The van der Waals surface area contributed by atoms with Gasteiger partial charge in [-0.2, -0.15) is 0 Å². The number of hydrogen-bond acceptors (Lipinski definition) is 6. The molecule has 6 nitrogen and oxygen atoms in total. The molecule has 4 N–H and O–H groups in total. The highest BCUT2D eigenvalue weighted by molar-refractivity contribution is 7.99. The Balaban J connectivity index is 2.00. The van der Waals surface area contributed by atoms with E-state index in [9.17, 15) is 0 Å². The summed E-state index contributed by atoms with van der Waals surface area (Å²) in [6, 6.07) is 6.14. The average molecular weight is 300 g/mol. The fourth-order valence-electron chi connectivity index (χ4n) is 2.08. The first-order valence-corrected chi connectivity index (χ1v) is 7.34. The van der Waals surface area contributed by atoms with Crippen LogP contribution in [0.5, 0.6) is 0 Å². The number of H-pyrrole nitrogens is 1. The second-order valence-electron chi connectivity index (χ2n) is 4.86. The number of nitrogens with two attached hydrogens (primary N) is 1. The van der Waals surface area contributed by atoms with Crippen LogP contribution in [0.2, 0.25) is 0 Å². The van der Waals surface area contributed by atoms with E-state index in [2.05, 4.69) is 38.4 Å². The molecule has 0 radical (unpaired) electrons. The minimum atomic E-state index is 0.636. The highest BCUT2D eigenvalue weighted by Crippen LogP contribution is 2.30. The standard InChI is InChI=1S/C14H16N6S/c1-7-4-5-10-11(6-7)19-14(18-10)21-13-8(2)12(20-15)16-9(3)17-13/h4-6H,15H2,1-3H3,(H,18,19)(H,16,17,20). The van der Waals surface area contributed by atoms with E-state index in [1.807, 2.05) is 26.0 Å². The SMILES string of the molecule is Cc1ccc2nc(Sc3nc(C)nc(NN)c3C)[nH]c2c1. The molecule has 0 saturated heterocycles. The molecule has 0 unspecified atom stereocenters. The molecule has 2 heterocycles. The van der Waals surface area contributed by atoms with Crippen LogP contribution in [0.15, 0.2) is 28.4 Å². The molecule has 0 bridgehead atoms. The first kappa shape index (κ1) is 13.8. The van der Waals surface area contributed by atoms with Gasteiger partial charge in [-0.05, 0) is 50.2 Å². The van der Waals surface area contributed by atoms with E-state index in [1.165, 1.54) is 17.3 Å². The fraction of sp³-hybridized carbons (Fsp3) is 0.214. The number of nitrogens with one attached hydrogen (secondary N) is 2. The van der Waals surface area contributed by atoms with Crippen molar-refractivity contribution in [1.29, 1.82) is 0 Å². The number of aromatic amines is 1. The average Bonchev–Trinajstić information content (AvgIpc) is 2.83. The third-order valence-corrected chi connectivity index (χ3v) is 4.14. The highest BCUT2D eigenvalue weighted by atomic mass is 32.2. The fourth-order valence-corrected chi connectivity index (χ4v) is 3.00. The summed E-state index contributed by atoms with van der Waals surface area (Å²) in [5.41, 5.74) is 6.68. The molecule has 0 aliphatic carbocycles. The van der Waals surface area contributed by atoms with Crippen LogP contribution in [0.1, 0.15) is 17.0 Å². The number of rotatable bonds is 3. The molecule has 0 fully saturated rings. The molecular formula is C14H16N6S. The van der Waals surface area contributed by atoms with E-state index in [0.29, 0.717) is 11.6 Å². The van der Waals surface area contributed by atoms with Crippen LogP contribution in [0.25, 0.3) is 11.0 Å². The van der Waals surface area contributed by atoms with Crippen molar-refractivity contribution < 1.29 is 0 Å². The third-order valence-electron chi connectivity index (χ3n) is 3.16. The van der Waals surface area contributed by atoms with E-state index < -0.39 is 0 Å². The van der Waals surface area contributed by atoms with Gasteiger partial charge in [-0.3, -0.25) is 0 Å². The first-order valence-electron chi connectivity index (χ1n) is 6.53. The third kappa shape index (κ3) is 2.70. The largest absolute Gasteiger partial charge is 0.333 e. The normalized spacial score (nSPS) is 11.0. The van der Waals surface area contributed by atoms with Gasteiger partial charge in [0.15, 0.2) is 5.16 Å². The molecule has 7 heteroatoms. The van der Waals surface area contributed by atoms with E-state index in [0.717, 1.165) is 26.8 Å². The Labute approximate surface area is 126 Å². The molecule has 3 aromatic rings. The van der Waals surface area contributed by atoms with Gasteiger partial charge in [-0.15, -0.1) is 0 Å². The molecule has 0 atom stereocenters. The number of imidazole rings is 1. The van der Waals surface area contributed by atoms with Crippen molar-refractivity contribution in [3.05, 3.63) is 35.2 Å². The van der Waals surface area contributed by atoms with Gasteiger partial charge >= 0.3 is 0 Å². The zero-order valence-electron chi connectivity index (χ0n) is 12.1. The van der Waals surface area contributed by atoms with Gasteiger partial charge in [-0.25, -0.2) is 20.8 Å². The maximum absolute atomic E-state index is 5.49. The second kappa shape index (κ2) is 5.34. The predicted octanol–water partition coefficient (Wildman–Crippen LogP) is 2.71. The van der Waals surface area contributed by atoms with Crippen LogP contribution in [0.3, 0.4) is 0 Å². The van der Waals surface area contributed by atoms with Gasteiger partial charge in [0, 0.05) is 5.56 Å². The van der Waals surface area contributed by atoms with Crippen LogP contribution in [-0.4, -0.2) is 19.9 Å². The lowest BCUT2D eigenvalue weighted by atomic mass is 10.2. The van der Waals surface area contributed by atoms with E-state index in [-0.39, 0.29) is 0 Å². The smallest absolute Gasteiger partial charge is 0.172 e. The summed E-state index contributed by atoms with van der Waals surface area (Å²) < 4.78 is 0. The summed E-state index contributed by atoms with van der Waals surface area (Å²) in [4.78, 5) is 16.6. The first-order chi connectivity index (χ1) is 10.1. The van der Waals surface area contributed by atoms with Crippen LogP contribution in [-0.2, 0) is 0 Å². The van der Waals surface area contributed by atoms with E-state index in [4.69, 9.17) is 5.84 Å². The quantitative estimate of drug-likeness (QED) is 0.391. The lowest BCUT2D eigenvalue weighted by molar-refractivity contribution is 0.929. The van der Waals surface area contributed by atoms with Gasteiger partial charge in [0.2, 0.25) is 0 Å². The Morgan fingerprint density at radius 2 is 1.95 bits per heavy atom. The second-order valence-corrected chi connectivity index (χ2v) is 5.84. The highest BCUT2D eigenvalue weighted by Gasteiger charge is 2.12. The minimum Gasteiger partial charge on any atom is -0.333 e. The van der Waals surface area contributed by atoms with Crippen molar-refractivity contribution in [1.82, 2.24) is 19.9 Å². The van der Waals surface area contributed by atoms with Crippen LogP contribution >= 0.6 is 11.8 Å². The van der Waals surface area contributed by atoms with Crippen molar-refractivity contribution in [3.8, 4) is 0 Å². The zero-order chi connectivity index (χ0) is 15.0. The van der Waals surface area contributed by atoms with Gasteiger partial charge in [0.25, 0.3) is 0 Å². The summed E-state index contributed by atoms with van der Waals surface area (Å²) in [7, 11) is 0. The van der Waals surface area contributed by atoms with Crippen molar-refractivity contribution in [3.63, 3.8) is 0 Å². The van der Waals surface area contributed by atoms with E-state index in [1.54, 1.807) is 0 Å². The summed E-state index contributed by atoms with van der Waals surface area (Å²) in [6.45, 7) is 5.83. The maximum atomic E-state index is 5.49. The number of aryl methyl sites for hydroxylation is 2. The molecule has 0 aliphatic heterocycles. The number of nitrogens with zero attached hydrogens (tertiary/aromatic N) is 3. The summed E-state index contributed by atoms with van der Waals surface area (Å²) in [5, 5.41) is 1.64. The predicted molar refractivity (Wildman–Crippen MR) is 84.3 cm³/mol. The summed E-state index contributed by atoms with van der Waals surface area (Å²) >= 11 is 1.48. The van der Waals surface area contributed by atoms with Crippen molar-refractivity contribution in [2.75, 3.05) is 5.43 Å². The molecule has 1 aromatic carbocycles. The molecule has 2 aromatic heterocycles. The van der Waals surface area contributed by atoms with Gasteiger partial charge in [0.05, 0.1) is 11.0 Å². The Morgan fingerprint density at radius 1 is 1.14 bits per heavy atom. The Morgan fingerprint density at radius 3 is 2.71 bits per heavy atom. The summed E-state index contributed by atoms with van der Waals surface area (Å²) in [6.07, 6.45) is 0. The van der Waals surface area contributed by atoms with Crippen molar-refractivity contribution in [2.45, 2.75) is 31.0 Å². The zero-order valence-corrected chi connectivity index (χ0v) is 12.9. The van der Waals surface area contributed by atoms with Crippen molar-refractivity contribution in [2.24, 2.45) is 5.84 Å². The number of hydrogen-bond donors (Lipinski definition) is 3. The Hall–Kier alpha value is -2.12. The van der Waals surface area contributed by atoms with E-state index >= 15 is 0 Å². The summed E-state index contributed by atoms with van der Waals surface area (Å²) in [5.74, 6) is 6.79. The molecule has 0 saturated carbocycles.